The molecule has 150 valence electrons. The number of halogens is 1. The van der Waals surface area contributed by atoms with Crippen LogP contribution in [0.25, 0.3) is 5.57 Å². The van der Waals surface area contributed by atoms with E-state index in [1.165, 1.54) is 19.3 Å². The van der Waals surface area contributed by atoms with Crippen LogP contribution in [-0.4, -0.2) is 26.2 Å². The number of rotatable bonds is 9. The second-order valence-corrected chi connectivity index (χ2v) is 6.45. The lowest BCUT2D eigenvalue weighted by Gasteiger charge is -2.27. The van der Waals surface area contributed by atoms with Crippen molar-refractivity contribution in [3.05, 3.63) is 65.7 Å². The molecule has 29 heavy (non-hydrogen) atoms. The Hall–Kier alpha value is -3.35. The molecule has 0 saturated heterocycles. The zero-order chi connectivity index (χ0) is 22.0. The molecule has 1 aromatic rings. The first-order valence-corrected chi connectivity index (χ1v) is 8.94. The van der Waals surface area contributed by atoms with Crippen molar-refractivity contribution in [3.63, 3.8) is 0 Å². The summed E-state index contributed by atoms with van der Waals surface area (Å²) in [5.41, 5.74) is -1.53. The Bertz CT molecular complexity index is 890. The van der Waals surface area contributed by atoms with Gasteiger partial charge < -0.3 is 9.47 Å². The van der Waals surface area contributed by atoms with Gasteiger partial charge in [-0.25, -0.2) is 4.79 Å². The number of carbonyl (C=O) groups is 2. The van der Waals surface area contributed by atoms with Crippen molar-refractivity contribution in [2.45, 2.75) is 12.8 Å². The van der Waals surface area contributed by atoms with Crippen molar-refractivity contribution in [2.24, 2.45) is 11.3 Å². The summed E-state index contributed by atoms with van der Waals surface area (Å²) in [6.45, 7) is 7.24. The highest BCUT2D eigenvalue weighted by Gasteiger charge is 2.42. The van der Waals surface area contributed by atoms with Gasteiger partial charge in [-0.3, -0.25) is 4.79 Å². The molecule has 0 amide bonds. The van der Waals surface area contributed by atoms with E-state index in [1.807, 2.05) is 12.1 Å². The zero-order valence-electron chi connectivity index (χ0n) is 16.3. The molecule has 0 aliphatic carbocycles. The number of esters is 2. The third-order valence-corrected chi connectivity index (χ3v) is 4.56. The number of nitrogens with zero attached hydrogens (tertiary/aromatic N) is 2. The van der Waals surface area contributed by atoms with E-state index in [4.69, 9.17) is 21.1 Å². The zero-order valence-corrected chi connectivity index (χ0v) is 17.0. The fraction of sp³-hybridized carbons (Fsp3) is 0.273. The minimum atomic E-state index is -1.80. The average Bonchev–Trinajstić information content (AvgIpc) is 2.74. The van der Waals surface area contributed by atoms with Gasteiger partial charge in [-0.1, -0.05) is 35.9 Å². The van der Waals surface area contributed by atoms with Gasteiger partial charge in [-0.15, -0.1) is 13.2 Å². The van der Waals surface area contributed by atoms with Gasteiger partial charge in [0.05, 0.1) is 37.8 Å². The molecule has 0 aromatic heterocycles. The second-order valence-electron chi connectivity index (χ2n) is 6.01. The van der Waals surface area contributed by atoms with Gasteiger partial charge in [0.15, 0.2) is 5.41 Å². The highest BCUT2D eigenvalue weighted by atomic mass is 35.5. The van der Waals surface area contributed by atoms with Crippen molar-refractivity contribution < 1.29 is 19.1 Å². The van der Waals surface area contributed by atoms with Gasteiger partial charge in [0.2, 0.25) is 0 Å². The van der Waals surface area contributed by atoms with Crippen molar-refractivity contribution in [2.75, 3.05) is 14.2 Å². The van der Waals surface area contributed by atoms with Gasteiger partial charge in [0.1, 0.15) is 0 Å². The minimum absolute atomic E-state index is 0.0369. The number of methoxy groups -OCH3 is 2. The molecule has 7 heteroatoms. The lowest BCUT2D eigenvalue weighted by atomic mass is 9.71. The van der Waals surface area contributed by atoms with Crippen LogP contribution in [0.2, 0.25) is 5.02 Å². The van der Waals surface area contributed by atoms with E-state index in [0.717, 1.165) is 7.11 Å². The number of allylic oxidation sites excluding steroid dienone is 3. The molecule has 0 aliphatic rings. The Morgan fingerprint density at radius 1 is 1.14 bits per heavy atom. The number of hydrogen-bond donors (Lipinski definition) is 0. The minimum Gasteiger partial charge on any atom is -0.469 e. The first kappa shape index (κ1) is 23.7. The Balaban J connectivity index is 4.15. The average molecular weight is 413 g/mol. The molecule has 0 spiro atoms. The van der Waals surface area contributed by atoms with Crippen LogP contribution < -0.4 is 0 Å². The van der Waals surface area contributed by atoms with E-state index in [1.54, 1.807) is 24.3 Å². The van der Waals surface area contributed by atoms with Crippen molar-refractivity contribution >= 4 is 29.1 Å². The monoisotopic (exact) mass is 412 g/mol. The van der Waals surface area contributed by atoms with Crippen LogP contribution in [0, 0.1) is 34.0 Å². The lowest BCUT2D eigenvalue weighted by molar-refractivity contribution is -0.147. The molecule has 0 bridgehead atoms. The predicted molar refractivity (Wildman–Crippen MR) is 109 cm³/mol. The van der Waals surface area contributed by atoms with Gasteiger partial charge in [-0.05, 0) is 24.1 Å². The van der Waals surface area contributed by atoms with E-state index >= 15 is 0 Å². The maximum absolute atomic E-state index is 12.8. The summed E-state index contributed by atoms with van der Waals surface area (Å²) >= 11 is 5.97. The van der Waals surface area contributed by atoms with Gasteiger partial charge >= 0.3 is 11.9 Å². The van der Waals surface area contributed by atoms with E-state index in [2.05, 4.69) is 13.2 Å². The summed E-state index contributed by atoms with van der Waals surface area (Å²) in [5, 5.41) is 20.3. The number of ether oxygens (including phenoxy) is 2. The Morgan fingerprint density at radius 2 is 1.72 bits per heavy atom. The number of nitriles is 2. The highest BCUT2D eigenvalue weighted by molar-refractivity contribution is 6.30. The Kier molecular flexibility index (Phi) is 8.86. The fourth-order valence-corrected chi connectivity index (χ4v) is 3.09. The van der Waals surface area contributed by atoms with Crippen LogP contribution in [0.15, 0.2) is 55.1 Å². The Morgan fingerprint density at radius 3 is 2.14 bits per heavy atom. The van der Waals surface area contributed by atoms with Crippen molar-refractivity contribution in [1.29, 1.82) is 10.5 Å². The van der Waals surface area contributed by atoms with Gasteiger partial charge in [0, 0.05) is 17.0 Å². The van der Waals surface area contributed by atoms with E-state index < -0.39 is 23.3 Å². The summed E-state index contributed by atoms with van der Waals surface area (Å²) in [7, 11) is 2.33. The summed E-state index contributed by atoms with van der Waals surface area (Å²) in [6, 6.07) is 10.2. The maximum Gasteiger partial charge on any atom is 0.335 e. The van der Waals surface area contributed by atoms with Crippen LogP contribution >= 0.6 is 11.6 Å². The SMILES string of the molecule is C=CCC(C(=O)OC)/C(C(=O)OC)=C(\c1ccc(Cl)cc1)C(C#N)(C#N)CC=C. The molecule has 0 aliphatic heterocycles. The molecule has 1 unspecified atom stereocenters. The first-order chi connectivity index (χ1) is 13.8. The predicted octanol–water partition coefficient (Wildman–Crippen LogP) is 4.24. The first-order valence-electron chi connectivity index (χ1n) is 8.56. The molecule has 1 aromatic carbocycles. The van der Waals surface area contributed by atoms with Crippen LogP contribution in [-0.2, 0) is 19.1 Å². The fourth-order valence-electron chi connectivity index (χ4n) is 2.96. The van der Waals surface area contributed by atoms with E-state index in [9.17, 15) is 20.1 Å². The maximum atomic E-state index is 12.8. The molecule has 0 N–H and O–H groups in total. The lowest BCUT2D eigenvalue weighted by Crippen LogP contribution is -2.29. The van der Waals surface area contributed by atoms with E-state index in [-0.39, 0.29) is 24.0 Å². The van der Waals surface area contributed by atoms with Crippen LogP contribution in [0.4, 0.5) is 0 Å². The van der Waals surface area contributed by atoms with E-state index in [0.29, 0.717) is 10.6 Å². The quantitative estimate of drug-likeness (QED) is 0.341. The summed E-state index contributed by atoms with van der Waals surface area (Å²) in [4.78, 5) is 25.3. The third kappa shape index (κ3) is 5.13. The number of benzene rings is 1. The van der Waals surface area contributed by atoms with Crippen molar-refractivity contribution in [1.82, 2.24) is 0 Å². The molecule has 0 saturated carbocycles. The summed E-state index contributed by atoms with van der Waals surface area (Å²) < 4.78 is 9.76. The van der Waals surface area contributed by atoms with Crippen LogP contribution in [0.3, 0.4) is 0 Å². The molecule has 1 rings (SSSR count). The topological polar surface area (TPSA) is 100 Å². The molecule has 0 radical (unpaired) electrons. The molecule has 1 atom stereocenters. The number of carbonyl (C=O) groups excluding carboxylic acids is 2. The molecule has 0 fully saturated rings. The highest BCUT2D eigenvalue weighted by Crippen LogP contribution is 2.43. The molecular formula is C22H21ClN2O4. The molecule has 0 heterocycles. The molecular weight excluding hydrogens is 392 g/mol. The summed E-state index contributed by atoms with van der Waals surface area (Å²) in [6.07, 6.45) is 2.80. The summed E-state index contributed by atoms with van der Waals surface area (Å²) in [5.74, 6) is -2.70. The number of hydrogen-bond acceptors (Lipinski definition) is 6. The van der Waals surface area contributed by atoms with Crippen LogP contribution in [0.5, 0.6) is 0 Å². The third-order valence-electron chi connectivity index (χ3n) is 4.30. The second kappa shape index (κ2) is 10.8. The molecule has 6 nitrogen and oxygen atoms in total. The van der Waals surface area contributed by atoms with Gasteiger partial charge in [0.25, 0.3) is 0 Å². The Labute approximate surface area is 175 Å². The largest absolute Gasteiger partial charge is 0.469 e. The van der Waals surface area contributed by atoms with Gasteiger partial charge in [-0.2, -0.15) is 10.5 Å². The standard InChI is InChI=1S/C22H21ClN2O4/c1-5-7-17(20(26)28-3)18(21(27)29-4)19(15-8-10-16(23)11-9-15)22(13-24,14-25)12-6-2/h5-6,8-11,17H,1-2,7,12H2,3-4H3/b19-18-. The van der Waals surface area contributed by atoms with Crippen molar-refractivity contribution in [3.8, 4) is 12.1 Å². The smallest absolute Gasteiger partial charge is 0.335 e. The van der Waals surface area contributed by atoms with Crippen LogP contribution in [0.1, 0.15) is 18.4 Å². The normalized spacial score (nSPS) is 12.4.